The van der Waals surface area contributed by atoms with E-state index in [1.165, 1.54) is 19.1 Å². The quantitative estimate of drug-likeness (QED) is 0.780. The lowest BCUT2D eigenvalue weighted by molar-refractivity contribution is -0.139. The Bertz CT molecular complexity index is 456. The van der Waals surface area contributed by atoms with Gasteiger partial charge in [-0.05, 0) is 37.1 Å². The van der Waals surface area contributed by atoms with Crippen LogP contribution in [0.1, 0.15) is 30.9 Å². The Morgan fingerprint density at radius 1 is 1.38 bits per heavy atom. The largest absolute Gasteiger partial charge is 0.469 e. The van der Waals surface area contributed by atoms with Crippen molar-refractivity contribution in [3.8, 4) is 0 Å². The van der Waals surface area contributed by atoms with Crippen LogP contribution in [0, 0.1) is 0 Å². The first kappa shape index (κ1) is 16.0. The highest BCUT2D eigenvalue weighted by molar-refractivity contribution is 5.72. The van der Waals surface area contributed by atoms with Gasteiger partial charge in [0.15, 0.2) is 0 Å². The minimum atomic E-state index is -0.174. The van der Waals surface area contributed by atoms with Crippen molar-refractivity contribution in [2.45, 2.75) is 38.8 Å². The third-order valence-corrected chi connectivity index (χ3v) is 4.12. The van der Waals surface area contributed by atoms with Gasteiger partial charge in [-0.25, -0.2) is 0 Å². The highest BCUT2D eigenvalue weighted by Crippen LogP contribution is 2.17. The Hall–Kier alpha value is -1.39. The minimum absolute atomic E-state index is 0.174. The van der Waals surface area contributed by atoms with Gasteiger partial charge in [-0.2, -0.15) is 0 Å². The predicted molar refractivity (Wildman–Crippen MR) is 84.1 cm³/mol. The molecule has 116 valence electrons. The van der Waals surface area contributed by atoms with Crippen molar-refractivity contribution in [1.29, 1.82) is 0 Å². The standard InChI is InChI=1S/C17H26N2O2/c1-3-10-19(16-8-9-18-12-16)13-15-7-5-4-6-14(15)11-17(20)21-2/h4-7,16,18H,3,8-13H2,1-2H3. The number of nitrogens with one attached hydrogen (secondary N) is 1. The molecule has 1 fully saturated rings. The van der Waals surface area contributed by atoms with E-state index >= 15 is 0 Å². The van der Waals surface area contributed by atoms with Crippen molar-refractivity contribution in [3.63, 3.8) is 0 Å². The molecule has 1 saturated heterocycles. The van der Waals surface area contributed by atoms with Crippen LogP contribution in [0.3, 0.4) is 0 Å². The number of hydrogen-bond acceptors (Lipinski definition) is 4. The van der Waals surface area contributed by atoms with Gasteiger partial charge in [-0.15, -0.1) is 0 Å². The van der Waals surface area contributed by atoms with Crippen LogP contribution in [0.5, 0.6) is 0 Å². The zero-order valence-corrected chi connectivity index (χ0v) is 13.1. The van der Waals surface area contributed by atoms with Crippen LogP contribution < -0.4 is 5.32 Å². The molecule has 0 amide bonds. The molecular formula is C17H26N2O2. The molecule has 1 aromatic carbocycles. The molecular weight excluding hydrogens is 264 g/mol. The number of esters is 1. The number of methoxy groups -OCH3 is 1. The summed E-state index contributed by atoms with van der Waals surface area (Å²) in [6, 6.07) is 8.80. The van der Waals surface area contributed by atoms with Crippen LogP contribution >= 0.6 is 0 Å². The zero-order valence-electron chi connectivity index (χ0n) is 13.1. The summed E-state index contributed by atoms with van der Waals surface area (Å²) >= 11 is 0. The van der Waals surface area contributed by atoms with Crippen LogP contribution in [0.4, 0.5) is 0 Å². The molecule has 0 saturated carbocycles. The minimum Gasteiger partial charge on any atom is -0.469 e. The number of ether oxygens (including phenoxy) is 1. The molecule has 1 heterocycles. The molecule has 1 aliphatic heterocycles. The number of rotatable bonds is 7. The van der Waals surface area contributed by atoms with Crippen LogP contribution in [0.2, 0.25) is 0 Å². The summed E-state index contributed by atoms with van der Waals surface area (Å²) < 4.78 is 4.80. The van der Waals surface area contributed by atoms with E-state index in [2.05, 4.69) is 23.2 Å². The third kappa shape index (κ3) is 4.55. The summed E-state index contributed by atoms with van der Waals surface area (Å²) in [4.78, 5) is 14.1. The van der Waals surface area contributed by atoms with Crippen molar-refractivity contribution < 1.29 is 9.53 Å². The summed E-state index contributed by atoms with van der Waals surface area (Å²) in [6.45, 7) is 6.40. The molecule has 1 atom stereocenters. The third-order valence-electron chi connectivity index (χ3n) is 4.12. The number of hydrogen-bond donors (Lipinski definition) is 1. The van der Waals surface area contributed by atoms with Gasteiger partial charge in [-0.1, -0.05) is 31.2 Å². The van der Waals surface area contributed by atoms with E-state index in [-0.39, 0.29) is 5.97 Å². The van der Waals surface area contributed by atoms with E-state index in [0.717, 1.165) is 38.2 Å². The fraction of sp³-hybridized carbons (Fsp3) is 0.588. The SMILES string of the molecule is CCCN(Cc1ccccc1CC(=O)OC)C1CCNC1. The number of benzene rings is 1. The Kier molecular flexibility index (Phi) is 6.21. The van der Waals surface area contributed by atoms with Crippen LogP contribution in [-0.2, 0) is 22.5 Å². The Balaban J connectivity index is 2.10. The average Bonchev–Trinajstić information content (AvgIpc) is 3.02. The fourth-order valence-electron chi connectivity index (χ4n) is 2.96. The fourth-order valence-corrected chi connectivity index (χ4v) is 2.96. The number of carbonyl (C=O) groups excluding carboxylic acids is 1. The second-order valence-electron chi connectivity index (χ2n) is 5.64. The van der Waals surface area contributed by atoms with E-state index in [1.54, 1.807) is 0 Å². The van der Waals surface area contributed by atoms with Crippen LogP contribution in [0.15, 0.2) is 24.3 Å². The highest BCUT2D eigenvalue weighted by Gasteiger charge is 2.22. The second-order valence-corrected chi connectivity index (χ2v) is 5.64. The Morgan fingerprint density at radius 3 is 2.76 bits per heavy atom. The summed E-state index contributed by atoms with van der Waals surface area (Å²) in [6.07, 6.45) is 2.71. The average molecular weight is 290 g/mol. The van der Waals surface area contributed by atoms with E-state index < -0.39 is 0 Å². The van der Waals surface area contributed by atoms with E-state index in [1.807, 2.05) is 18.2 Å². The Labute approximate surface area is 127 Å². The van der Waals surface area contributed by atoms with Gasteiger partial charge >= 0.3 is 5.97 Å². The molecule has 1 unspecified atom stereocenters. The molecule has 0 aromatic heterocycles. The van der Waals surface area contributed by atoms with Crippen LogP contribution in [-0.4, -0.2) is 43.7 Å². The first-order chi connectivity index (χ1) is 10.2. The smallest absolute Gasteiger partial charge is 0.309 e. The predicted octanol–water partition coefficient (Wildman–Crippen LogP) is 1.98. The van der Waals surface area contributed by atoms with Gasteiger partial charge in [0.1, 0.15) is 0 Å². The molecule has 4 heteroatoms. The lowest BCUT2D eigenvalue weighted by Gasteiger charge is -2.28. The van der Waals surface area contributed by atoms with Crippen molar-refractivity contribution in [1.82, 2.24) is 10.2 Å². The molecule has 0 spiro atoms. The summed E-state index contributed by atoms with van der Waals surface area (Å²) in [7, 11) is 1.44. The molecule has 4 nitrogen and oxygen atoms in total. The zero-order chi connectivity index (χ0) is 15.1. The maximum Gasteiger partial charge on any atom is 0.309 e. The molecule has 0 radical (unpaired) electrons. The molecule has 0 aliphatic carbocycles. The van der Waals surface area contributed by atoms with Crippen molar-refractivity contribution >= 4 is 5.97 Å². The normalized spacial score (nSPS) is 18.1. The topological polar surface area (TPSA) is 41.6 Å². The lowest BCUT2D eigenvalue weighted by Crippen LogP contribution is -2.37. The van der Waals surface area contributed by atoms with E-state index in [4.69, 9.17) is 4.74 Å². The lowest BCUT2D eigenvalue weighted by atomic mass is 10.0. The first-order valence-corrected chi connectivity index (χ1v) is 7.83. The van der Waals surface area contributed by atoms with Crippen LogP contribution in [0.25, 0.3) is 0 Å². The monoisotopic (exact) mass is 290 g/mol. The molecule has 2 rings (SSSR count). The summed E-state index contributed by atoms with van der Waals surface area (Å²) in [5.41, 5.74) is 2.32. The molecule has 21 heavy (non-hydrogen) atoms. The van der Waals surface area contributed by atoms with Gasteiger partial charge in [-0.3, -0.25) is 9.69 Å². The second kappa shape index (κ2) is 8.15. The maximum atomic E-state index is 11.6. The van der Waals surface area contributed by atoms with Gasteiger partial charge in [0, 0.05) is 19.1 Å². The Morgan fingerprint density at radius 2 is 2.14 bits per heavy atom. The first-order valence-electron chi connectivity index (χ1n) is 7.83. The van der Waals surface area contributed by atoms with Crippen molar-refractivity contribution in [3.05, 3.63) is 35.4 Å². The van der Waals surface area contributed by atoms with Gasteiger partial charge < -0.3 is 10.1 Å². The molecule has 1 aliphatic rings. The van der Waals surface area contributed by atoms with Gasteiger partial charge in [0.05, 0.1) is 13.5 Å². The molecule has 1 N–H and O–H groups in total. The van der Waals surface area contributed by atoms with E-state index in [9.17, 15) is 4.79 Å². The molecule has 0 bridgehead atoms. The summed E-state index contributed by atoms with van der Waals surface area (Å²) in [5, 5.41) is 3.44. The highest BCUT2D eigenvalue weighted by atomic mass is 16.5. The number of nitrogens with zero attached hydrogens (tertiary/aromatic N) is 1. The van der Waals surface area contributed by atoms with Gasteiger partial charge in [0.2, 0.25) is 0 Å². The van der Waals surface area contributed by atoms with Crippen molar-refractivity contribution in [2.24, 2.45) is 0 Å². The maximum absolute atomic E-state index is 11.6. The van der Waals surface area contributed by atoms with Gasteiger partial charge in [0.25, 0.3) is 0 Å². The molecule has 1 aromatic rings. The van der Waals surface area contributed by atoms with E-state index in [0.29, 0.717) is 12.5 Å². The number of carbonyl (C=O) groups is 1. The summed E-state index contributed by atoms with van der Waals surface area (Å²) in [5.74, 6) is -0.174. The van der Waals surface area contributed by atoms with Crippen molar-refractivity contribution in [2.75, 3.05) is 26.7 Å².